The van der Waals surface area contributed by atoms with E-state index in [1.807, 2.05) is 56.3 Å². The number of benzene rings is 2. The first kappa shape index (κ1) is 13.4. The molecule has 0 amide bonds. The molecule has 0 saturated heterocycles. The Hall–Kier alpha value is -2.00. The molecule has 2 aromatic carbocycles. The van der Waals surface area contributed by atoms with Gasteiger partial charge in [0.15, 0.2) is 0 Å². The van der Waals surface area contributed by atoms with Crippen molar-refractivity contribution in [3.8, 4) is 17.2 Å². The van der Waals surface area contributed by atoms with Crippen LogP contribution < -0.4 is 15.2 Å². The van der Waals surface area contributed by atoms with Gasteiger partial charge in [0, 0.05) is 12.6 Å². The fraction of sp³-hybridized carbons (Fsp3) is 0.250. The highest BCUT2D eigenvalue weighted by atomic mass is 16.5. The smallest absolute Gasteiger partial charge is 0.131 e. The van der Waals surface area contributed by atoms with Crippen LogP contribution in [0.3, 0.4) is 0 Å². The summed E-state index contributed by atoms with van der Waals surface area (Å²) in [5, 5.41) is 0. The third kappa shape index (κ3) is 3.48. The van der Waals surface area contributed by atoms with Crippen LogP contribution in [0.15, 0.2) is 42.5 Å². The first-order valence-corrected chi connectivity index (χ1v) is 6.43. The zero-order valence-corrected chi connectivity index (χ0v) is 11.3. The molecular formula is C16H19NO2. The number of hydrogen-bond acceptors (Lipinski definition) is 3. The second-order valence-electron chi connectivity index (χ2n) is 4.31. The molecule has 3 heteroatoms. The Bertz CT molecular complexity index is 552. The van der Waals surface area contributed by atoms with Crippen molar-refractivity contribution in [3.05, 3.63) is 53.6 Å². The molecule has 0 heterocycles. The van der Waals surface area contributed by atoms with Gasteiger partial charge >= 0.3 is 0 Å². The van der Waals surface area contributed by atoms with Crippen LogP contribution in [-0.2, 0) is 6.54 Å². The van der Waals surface area contributed by atoms with Gasteiger partial charge in [-0.05, 0) is 43.2 Å². The molecule has 19 heavy (non-hydrogen) atoms. The molecule has 0 atom stereocenters. The molecule has 0 saturated carbocycles. The Kier molecular flexibility index (Phi) is 4.42. The van der Waals surface area contributed by atoms with E-state index in [0.717, 1.165) is 28.4 Å². The minimum Gasteiger partial charge on any atom is -0.494 e. The highest BCUT2D eigenvalue weighted by molar-refractivity contribution is 5.42. The number of nitrogens with two attached hydrogens (primary N) is 1. The van der Waals surface area contributed by atoms with Gasteiger partial charge in [0.05, 0.1) is 6.61 Å². The van der Waals surface area contributed by atoms with Gasteiger partial charge in [-0.1, -0.05) is 18.2 Å². The summed E-state index contributed by atoms with van der Waals surface area (Å²) in [4.78, 5) is 0. The van der Waals surface area contributed by atoms with E-state index in [1.54, 1.807) is 0 Å². The largest absolute Gasteiger partial charge is 0.494 e. The van der Waals surface area contributed by atoms with Crippen molar-refractivity contribution in [1.82, 2.24) is 0 Å². The van der Waals surface area contributed by atoms with Gasteiger partial charge in [0.1, 0.15) is 17.2 Å². The molecule has 0 spiro atoms. The lowest BCUT2D eigenvalue weighted by molar-refractivity contribution is 0.338. The highest BCUT2D eigenvalue weighted by Crippen LogP contribution is 2.28. The number of hydrogen-bond donors (Lipinski definition) is 1. The lowest BCUT2D eigenvalue weighted by Gasteiger charge is -2.11. The lowest BCUT2D eigenvalue weighted by atomic mass is 10.1. The first-order valence-electron chi connectivity index (χ1n) is 6.43. The van der Waals surface area contributed by atoms with E-state index in [1.165, 1.54) is 0 Å². The minimum absolute atomic E-state index is 0.510. The average Bonchev–Trinajstić information content (AvgIpc) is 2.42. The molecule has 0 aromatic heterocycles. The van der Waals surface area contributed by atoms with Crippen molar-refractivity contribution in [3.63, 3.8) is 0 Å². The lowest BCUT2D eigenvalue weighted by Crippen LogP contribution is -1.97. The molecule has 2 aromatic rings. The van der Waals surface area contributed by atoms with Crippen LogP contribution in [0.5, 0.6) is 17.2 Å². The van der Waals surface area contributed by atoms with Crippen molar-refractivity contribution in [1.29, 1.82) is 0 Å². The van der Waals surface area contributed by atoms with Crippen LogP contribution >= 0.6 is 0 Å². The molecule has 0 aliphatic heterocycles. The van der Waals surface area contributed by atoms with E-state index < -0.39 is 0 Å². The highest BCUT2D eigenvalue weighted by Gasteiger charge is 2.04. The van der Waals surface area contributed by atoms with Gasteiger partial charge in [-0.25, -0.2) is 0 Å². The molecule has 0 bridgehead atoms. The fourth-order valence-electron chi connectivity index (χ4n) is 1.80. The summed E-state index contributed by atoms with van der Waals surface area (Å²) in [5.41, 5.74) is 7.79. The summed E-state index contributed by atoms with van der Waals surface area (Å²) < 4.78 is 11.4. The minimum atomic E-state index is 0.510. The third-order valence-corrected chi connectivity index (χ3v) is 2.83. The molecule has 100 valence electrons. The SMILES string of the molecule is CCOc1cccc(Oc2cc(CN)ccc2C)c1. The van der Waals surface area contributed by atoms with Gasteiger partial charge in [-0.3, -0.25) is 0 Å². The van der Waals surface area contributed by atoms with Crippen molar-refractivity contribution in [2.75, 3.05) is 6.61 Å². The topological polar surface area (TPSA) is 44.5 Å². The summed E-state index contributed by atoms with van der Waals surface area (Å²) in [7, 11) is 0. The monoisotopic (exact) mass is 257 g/mol. The van der Waals surface area contributed by atoms with Crippen LogP contribution in [0.2, 0.25) is 0 Å². The predicted molar refractivity (Wildman–Crippen MR) is 76.8 cm³/mol. The van der Waals surface area contributed by atoms with Gasteiger partial charge in [0.2, 0.25) is 0 Å². The first-order chi connectivity index (χ1) is 9.22. The van der Waals surface area contributed by atoms with E-state index in [9.17, 15) is 0 Å². The van der Waals surface area contributed by atoms with E-state index in [4.69, 9.17) is 15.2 Å². The molecule has 0 aliphatic carbocycles. The summed E-state index contributed by atoms with van der Waals surface area (Å²) >= 11 is 0. The van der Waals surface area contributed by atoms with Crippen LogP contribution in [0.4, 0.5) is 0 Å². The van der Waals surface area contributed by atoms with Gasteiger partial charge in [-0.2, -0.15) is 0 Å². The van der Waals surface area contributed by atoms with Crippen molar-refractivity contribution in [2.45, 2.75) is 20.4 Å². The zero-order chi connectivity index (χ0) is 13.7. The summed E-state index contributed by atoms with van der Waals surface area (Å²) in [6, 6.07) is 13.6. The van der Waals surface area contributed by atoms with Crippen LogP contribution in [0, 0.1) is 6.92 Å². The zero-order valence-electron chi connectivity index (χ0n) is 11.3. The maximum absolute atomic E-state index is 5.90. The predicted octanol–water partition coefficient (Wildman–Crippen LogP) is 3.64. The number of ether oxygens (including phenoxy) is 2. The molecule has 0 aliphatic rings. The van der Waals surface area contributed by atoms with E-state index in [0.29, 0.717) is 13.2 Å². The number of aryl methyl sites for hydroxylation is 1. The van der Waals surface area contributed by atoms with Crippen molar-refractivity contribution < 1.29 is 9.47 Å². The van der Waals surface area contributed by atoms with Gasteiger partial charge in [0.25, 0.3) is 0 Å². The van der Waals surface area contributed by atoms with Gasteiger partial charge < -0.3 is 15.2 Å². The van der Waals surface area contributed by atoms with Crippen molar-refractivity contribution >= 4 is 0 Å². The molecular weight excluding hydrogens is 238 g/mol. The van der Waals surface area contributed by atoms with Gasteiger partial charge in [-0.15, -0.1) is 0 Å². The Morgan fingerprint density at radius 3 is 2.58 bits per heavy atom. The second-order valence-corrected chi connectivity index (χ2v) is 4.31. The van der Waals surface area contributed by atoms with E-state index in [-0.39, 0.29) is 0 Å². The molecule has 0 unspecified atom stereocenters. The summed E-state index contributed by atoms with van der Waals surface area (Å²) in [5.74, 6) is 2.41. The van der Waals surface area contributed by atoms with E-state index >= 15 is 0 Å². The molecule has 2 N–H and O–H groups in total. The summed E-state index contributed by atoms with van der Waals surface area (Å²) in [6.45, 7) is 5.13. The molecule has 0 radical (unpaired) electrons. The van der Waals surface area contributed by atoms with E-state index in [2.05, 4.69) is 0 Å². The Labute approximate surface area is 114 Å². The van der Waals surface area contributed by atoms with Crippen molar-refractivity contribution in [2.24, 2.45) is 5.73 Å². The third-order valence-electron chi connectivity index (χ3n) is 2.83. The Balaban J connectivity index is 2.22. The Morgan fingerprint density at radius 2 is 1.84 bits per heavy atom. The molecule has 0 fully saturated rings. The maximum atomic E-state index is 5.90. The van der Waals surface area contributed by atoms with Crippen LogP contribution in [-0.4, -0.2) is 6.61 Å². The van der Waals surface area contributed by atoms with Crippen LogP contribution in [0.1, 0.15) is 18.1 Å². The Morgan fingerprint density at radius 1 is 1.05 bits per heavy atom. The average molecular weight is 257 g/mol. The number of rotatable bonds is 5. The summed E-state index contributed by atoms with van der Waals surface area (Å²) in [6.07, 6.45) is 0. The quantitative estimate of drug-likeness (QED) is 0.889. The normalized spacial score (nSPS) is 10.3. The fourth-order valence-corrected chi connectivity index (χ4v) is 1.80. The molecule has 3 nitrogen and oxygen atoms in total. The molecule has 2 rings (SSSR count). The van der Waals surface area contributed by atoms with Crippen LogP contribution in [0.25, 0.3) is 0 Å². The maximum Gasteiger partial charge on any atom is 0.131 e. The standard InChI is InChI=1S/C16H19NO2/c1-3-18-14-5-4-6-15(10-14)19-16-9-13(11-17)8-7-12(16)2/h4-10H,3,11,17H2,1-2H3. The second kappa shape index (κ2) is 6.25.